The van der Waals surface area contributed by atoms with Crippen LogP contribution in [0.25, 0.3) is 11.0 Å². The summed E-state index contributed by atoms with van der Waals surface area (Å²) in [6, 6.07) is 7.81. The normalized spacial score (nSPS) is 22.7. The van der Waals surface area contributed by atoms with Gasteiger partial charge in [-0.3, -0.25) is 4.79 Å². The van der Waals surface area contributed by atoms with Crippen molar-refractivity contribution in [3.8, 4) is 0 Å². The molecule has 4 nitrogen and oxygen atoms in total. The van der Waals surface area contributed by atoms with E-state index < -0.39 is 0 Å². The van der Waals surface area contributed by atoms with Gasteiger partial charge in [0.2, 0.25) is 0 Å². The number of benzene rings is 1. The number of nitrogens with zero attached hydrogens (tertiary/aromatic N) is 1. The van der Waals surface area contributed by atoms with Crippen molar-refractivity contribution in [1.82, 2.24) is 4.90 Å². The minimum absolute atomic E-state index is 0.0387. The third-order valence-corrected chi connectivity index (χ3v) is 4.54. The maximum Gasteiger partial charge on any atom is 0.290 e. The molecule has 0 radical (unpaired) electrons. The number of rotatable bonds is 2. The summed E-state index contributed by atoms with van der Waals surface area (Å²) < 4.78 is 11.4. The Kier molecular flexibility index (Phi) is 4.04. The SMILES string of the molecule is Cc1ccc2oc(C(=O)N3CC(CBr)OCC3C)cc2c1. The number of carbonyl (C=O) groups is 1. The van der Waals surface area contributed by atoms with Crippen LogP contribution < -0.4 is 0 Å². The lowest BCUT2D eigenvalue weighted by molar-refractivity contribution is -0.0370. The zero-order valence-corrected chi connectivity index (χ0v) is 13.7. The van der Waals surface area contributed by atoms with Gasteiger partial charge in [-0.1, -0.05) is 27.6 Å². The highest BCUT2D eigenvalue weighted by atomic mass is 79.9. The summed E-state index contributed by atoms with van der Waals surface area (Å²) in [5.41, 5.74) is 1.91. The minimum atomic E-state index is -0.0643. The monoisotopic (exact) mass is 351 g/mol. The van der Waals surface area contributed by atoms with Gasteiger partial charge in [-0.2, -0.15) is 0 Å². The van der Waals surface area contributed by atoms with Crippen molar-refractivity contribution in [2.45, 2.75) is 26.0 Å². The predicted molar refractivity (Wildman–Crippen MR) is 85.0 cm³/mol. The Morgan fingerprint density at radius 3 is 3.00 bits per heavy atom. The molecule has 21 heavy (non-hydrogen) atoms. The molecule has 3 rings (SSSR count). The van der Waals surface area contributed by atoms with Gasteiger partial charge in [0.25, 0.3) is 5.91 Å². The van der Waals surface area contributed by atoms with E-state index in [0.29, 0.717) is 18.9 Å². The molecule has 1 aromatic carbocycles. The van der Waals surface area contributed by atoms with Crippen LogP contribution in [0.4, 0.5) is 0 Å². The average Bonchev–Trinajstić information content (AvgIpc) is 2.90. The molecular weight excluding hydrogens is 334 g/mol. The molecule has 1 aliphatic heterocycles. The van der Waals surface area contributed by atoms with Gasteiger partial charge in [-0.15, -0.1) is 0 Å². The topological polar surface area (TPSA) is 42.7 Å². The Bertz CT molecular complexity index is 667. The van der Waals surface area contributed by atoms with Crippen LogP contribution in [-0.2, 0) is 4.74 Å². The first kappa shape index (κ1) is 14.6. The number of amides is 1. The summed E-state index contributed by atoms with van der Waals surface area (Å²) in [6.07, 6.45) is 0.0387. The van der Waals surface area contributed by atoms with E-state index in [1.54, 1.807) is 0 Å². The number of hydrogen-bond donors (Lipinski definition) is 0. The Morgan fingerprint density at radius 1 is 1.43 bits per heavy atom. The highest BCUT2D eigenvalue weighted by molar-refractivity contribution is 9.09. The lowest BCUT2D eigenvalue weighted by atomic mass is 10.1. The molecule has 1 fully saturated rings. The van der Waals surface area contributed by atoms with Crippen LogP contribution in [0, 0.1) is 6.92 Å². The van der Waals surface area contributed by atoms with Crippen LogP contribution in [0.15, 0.2) is 28.7 Å². The largest absolute Gasteiger partial charge is 0.451 e. The Morgan fingerprint density at radius 2 is 2.24 bits per heavy atom. The van der Waals surface area contributed by atoms with E-state index in [9.17, 15) is 4.79 Å². The van der Waals surface area contributed by atoms with E-state index in [-0.39, 0.29) is 18.1 Å². The fraction of sp³-hybridized carbons (Fsp3) is 0.438. The summed E-state index contributed by atoms with van der Waals surface area (Å²) in [5, 5.41) is 1.69. The van der Waals surface area contributed by atoms with Gasteiger partial charge in [0.05, 0.1) is 18.8 Å². The second-order valence-electron chi connectivity index (χ2n) is 5.57. The Hall–Kier alpha value is -1.33. The van der Waals surface area contributed by atoms with Crippen LogP contribution in [0.5, 0.6) is 0 Å². The molecule has 1 aliphatic rings. The summed E-state index contributed by atoms with van der Waals surface area (Å²) in [4.78, 5) is 14.5. The molecule has 0 aliphatic carbocycles. The molecule has 2 aromatic rings. The van der Waals surface area contributed by atoms with Crippen molar-refractivity contribution in [2.24, 2.45) is 0 Å². The first-order valence-corrected chi connectivity index (χ1v) is 8.19. The van der Waals surface area contributed by atoms with Gasteiger partial charge in [0.15, 0.2) is 5.76 Å². The van der Waals surface area contributed by atoms with E-state index in [2.05, 4.69) is 15.9 Å². The van der Waals surface area contributed by atoms with E-state index in [0.717, 1.165) is 21.9 Å². The molecule has 2 heterocycles. The molecule has 0 bridgehead atoms. The standard InChI is InChI=1S/C16H18BrNO3/c1-10-3-4-14-12(5-10)6-15(21-14)16(19)18-8-13(7-17)20-9-11(18)2/h3-6,11,13H,7-9H2,1-2H3. The Labute approximate surface area is 132 Å². The van der Waals surface area contributed by atoms with Gasteiger partial charge in [-0.25, -0.2) is 0 Å². The predicted octanol–water partition coefficient (Wildman–Crippen LogP) is 3.37. The van der Waals surface area contributed by atoms with Crippen LogP contribution >= 0.6 is 15.9 Å². The lowest BCUT2D eigenvalue weighted by Gasteiger charge is -2.36. The number of ether oxygens (including phenoxy) is 1. The molecule has 1 amide bonds. The van der Waals surface area contributed by atoms with Gasteiger partial charge >= 0.3 is 0 Å². The van der Waals surface area contributed by atoms with Gasteiger partial charge < -0.3 is 14.1 Å². The van der Waals surface area contributed by atoms with E-state index in [4.69, 9.17) is 9.15 Å². The molecule has 5 heteroatoms. The van der Waals surface area contributed by atoms with Crippen molar-refractivity contribution >= 4 is 32.8 Å². The molecule has 0 N–H and O–H groups in total. The quantitative estimate of drug-likeness (QED) is 0.779. The number of aryl methyl sites for hydroxylation is 1. The maximum atomic E-state index is 12.7. The zero-order valence-electron chi connectivity index (χ0n) is 12.1. The van der Waals surface area contributed by atoms with Crippen molar-refractivity contribution < 1.29 is 13.9 Å². The number of furan rings is 1. The van der Waals surface area contributed by atoms with E-state index >= 15 is 0 Å². The Balaban J connectivity index is 1.88. The number of morpholine rings is 1. The minimum Gasteiger partial charge on any atom is -0.451 e. The number of carbonyl (C=O) groups excluding carboxylic acids is 1. The van der Waals surface area contributed by atoms with E-state index in [1.165, 1.54) is 0 Å². The molecule has 0 spiro atoms. The third-order valence-electron chi connectivity index (χ3n) is 3.82. The number of halogens is 1. The lowest BCUT2D eigenvalue weighted by Crippen LogP contribution is -2.51. The summed E-state index contributed by atoms with van der Waals surface area (Å²) in [5.74, 6) is 0.336. The number of fused-ring (bicyclic) bond motifs is 1. The summed E-state index contributed by atoms with van der Waals surface area (Å²) in [7, 11) is 0. The maximum absolute atomic E-state index is 12.7. The van der Waals surface area contributed by atoms with Crippen LogP contribution in [0.2, 0.25) is 0 Å². The van der Waals surface area contributed by atoms with Gasteiger partial charge in [0.1, 0.15) is 5.58 Å². The fourth-order valence-electron chi connectivity index (χ4n) is 2.60. The van der Waals surface area contributed by atoms with Gasteiger partial charge in [-0.05, 0) is 32.0 Å². The molecule has 1 aromatic heterocycles. The van der Waals surface area contributed by atoms with E-state index in [1.807, 2.05) is 43.0 Å². The molecule has 0 saturated carbocycles. The van der Waals surface area contributed by atoms with Crippen molar-refractivity contribution in [2.75, 3.05) is 18.5 Å². The second-order valence-corrected chi connectivity index (χ2v) is 6.22. The first-order chi connectivity index (χ1) is 10.1. The second kappa shape index (κ2) is 5.81. The molecule has 112 valence electrons. The molecule has 2 atom stereocenters. The van der Waals surface area contributed by atoms with Crippen LogP contribution in [-0.4, -0.2) is 41.4 Å². The van der Waals surface area contributed by atoms with Crippen LogP contribution in [0.3, 0.4) is 0 Å². The smallest absolute Gasteiger partial charge is 0.290 e. The highest BCUT2D eigenvalue weighted by Crippen LogP contribution is 2.23. The first-order valence-electron chi connectivity index (χ1n) is 7.07. The number of alkyl halides is 1. The summed E-state index contributed by atoms with van der Waals surface area (Å²) in [6.45, 7) is 5.16. The fourth-order valence-corrected chi connectivity index (χ4v) is 3.00. The molecule has 2 unspecified atom stereocenters. The van der Waals surface area contributed by atoms with Crippen LogP contribution in [0.1, 0.15) is 23.0 Å². The number of hydrogen-bond acceptors (Lipinski definition) is 3. The zero-order chi connectivity index (χ0) is 15.0. The van der Waals surface area contributed by atoms with Crippen molar-refractivity contribution in [3.05, 3.63) is 35.6 Å². The third kappa shape index (κ3) is 2.85. The molecule has 1 saturated heterocycles. The molecular formula is C16H18BrNO3. The van der Waals surface area contributed by atoms with Gasteiger partial charge in [0, 0.05) is 17.3 Å². The average molecular weight is 352 g/mol. The van der Waals surface area contributed by atoms with Crippen molar-refractivity contribution in [3.63, 3.8) is 0 Å². The van der Waals surface area contributed by atoms with Crippen molar-refractivity contribution in [1.29, 1.82) is 0 Å². The highest BCUT2D eigenvalue weighted by Gasteiger charge is 2.31. The summed E-state index contributed by atoms with van der Waals surface area (Å²) >= 11 is 3.41.